The molecule has 6 nitrogen and oxygen atoms in total. The van der Waals surface area contributed by atoms with Crippen LogP contribution in [0.2, 0.25) is 0 Å². The van der Waals surface area contributed by atoms with Crippen LogP contribution in [0.3, 0.4) is 0 Å². The van der Waals surface area contributed by atoms with E-state index in [0.29, 0.717) is 31.6 Å². The number of halogens is 1. The van der Waals surface area contributed by atoms with Crippen LogP contribution in [0.15, 0.2) is 4.99 Å². The van der Waals surface area contributed by atoms with Crippen LogP contribution in [-0.4, -0.2) is 62.7 Å². The van der Waals surface area contributed by atoms with Crippen LogP contribution in [0.5, 0.6) is 0 Å². The largest absolute Gasteiger partial charge is 0.389 e. The molecule has 0 saturated carbocycles. The molecule has 0 aromatic carbocycles. The molecule has 0 bridgehead atoms. The van der Waals surface area contributed by atoms with Gasteiger partial charge < -0.3 is 25.2 Å². The van der Waals surface area contributed by atoms with E-state index in [1.54, 1.807) is 0 Å². The lowest BCUT2D eigenvalue weighted by molar-refractivity contribution is 0.0257. The summed E-state index contributed by atoms with van der Waals surface area (Å²) in [5.41, 5.74) is 0. The zero-order chi connectivity index (χ0) is 18.4. The summed E-state index contributed by atoms with van der Waals surface area (Å²) in [7, 11) is 0. The van der Waals surface area contributed by atoms with E-state index < -0.39 is 6.10 Å². The van der Waals surface area contributed by atoms with Gasteiger partial charge in [-0.1, -0.05) is 27.7 Å². The Morgan fingerprint density at radius 3 is 2.28 bits per heavy atom. The van der Waals surface area contributed by atoms with Crippen molar-refractivity contribution in [2.45, 2.75) is 60.2 Å². The van der Waals surface area contributed by atoms with Gasteiger partial charge in [0.15, 0.2) is 5.96 Å². The first-order chi connectivity index (χ1) is 11.4. The van der Waals surface area contributed by atoms with E-state index in [1.807, 2.05) is 13.8 Å². The summed E-state index contributed by atoms with van der Waals surface area (Å²) in [6, 6.07) is 0. The molecule has 0 saturated heterocycles. The minimum atomic E-state index is -0.578. The summed E-state index contributed by atoms with van der Waals surface area (Å²) < 4.78 is 11.2. The van der Waals surface area contributed by atoms with E-state index in [9.17, 15) is 5.11 Å². The molecule has 0 radical (unpaired) electrons. The Balaban J connectivity index is 0. The average molecular weight is 473 g/mol. The monoisotopic (exact) mass is 473 g/mol. The molecule has 0 aromatic heterocycles. The molecule has 0 aliphatic carbocycles. The van der Waals surface area contributed by atoms with Gasteiger partial charge in [-0.15, -0.1) is 24.0 Å². The van der Waals surface area contributed by atoms with Crippen molar-refractivity contribution < 1.29 is 14.6 Å². The number of hydrogen-bond donors (Lipinski definition) is 3. The fourth-order valence-corrected chi connectivity index (χ4v) is 2.19. The van der Waals surface area contributed by atoms with Crippen LogP contribution in [0.1, 0.15) is 48.0 Å². The third kappa shape index (κ3) is 15.8. The molecule has 0 aromatic rings. The molecule has 0 heterocycles. The van der Waals surface area contributed by atoms with E-state index in [2.05, 4.69) is 43.3 Å². The first kappa shape index (κ1) is 27.1. The molecular formula is C18H40IN3O3. The van der Waals surface area contributed by atoms with Crippen LogP contribution in [0, 0.1) is 11.8 Å². The third-order valence-electron chi connectivity index (χ3n) is 3.41. The Kier molecular flexibility index (Phi) is 18.8. The first-order valence-corrected chi connectivity index (χ1v) is 9.30. The number of aliphatic imine (C=N–C) groups is 1. The number of rotatable bonds is 13. The Hall–Kier alpha value is -0.120. The van der Waals surface area contributed by atoms with Gasteiger partial charge in [0.05, 0.1) is 25.4 Å². The van der Waals surface area contributed by atoms with E-state index in [-0.39, 0.29) is 30.1 Å². The van der Waals surface area contributed by atoms with E-state index >= 15 is 0 Å². The van der Waals surface area contributed by atoms with Crippen molar-refractivity contribution in [2.24, 2.45) is 16.8 Å². The summed E-state index contributed by atoms with van der Waals surface area (Å²) in [6.45, 7) is 16.2. The van der Waals surface area contributed by atoms with Gasteiger partial charge in [-0.25, -0.2) is 0 Å². The maximum absolute atomic E-state index is 9.93. The number of nitrogens with zero attached hydrogens (tertiary/aromatic N) is 1. The quantitative estimate of drug-likeness (QED) is 0.218. The summed E-state index contributed by atoms with van der Waals surface area (Å²) in [5.74, 6) is 1.68. The molecule has 0 fully saturated rings. The van der Waals surface area contributed by atoms with Crippen LogP contribution >= 0.6 is 24.0 Å². The molecule has 3 N–H and O–H groups in total. The fourth-order valence-electron chi connectivity index (χ4n) is 2.19. The van der Waals surface area contributed by atoms with Crippen molar-refractivity contribution in [1.29, 1.82) is 0 Å². The molecular weight excluding hydrogens is 433 g/mol. The third-order valence-corrected chi connectivity index (χ3v) is 3.41. The summed E-state index contributed by atoms with van der Waals surface area (Å²) in [5, 5.41) is 16.4. The normalized spacial score (nSPS) is 14.4. The van der Waals surface area contributed by atoms with Crippen molar-refractivity contribution in [3.05, 3.63) is 0 Å². The minimum absolute atomic E-state index is 0. The maximum Gasteiger partial charge on any atom is 0.191 e. The zero-order valence-corrected chi connectivity index (χ0v) is 19.2. The van der Waals surface area contributed by atoms with Crippen LogP contribution in [0.4, 0.5) is 0 Å². The lowest BCUT2D eigenvalue weighted by Gasteiger charge is -2.21. The van der Waals surface area contributed by atoms with Crippen LogP contribution in [-0.2, 0) is 9.47 Å². The number of guanidine groups is 1. The fraction of sp³-hybridized carbons (Fsp3) is 0.944. The maximum atomic E-state index is 9.93. The second-order valence-corrected chi connectivity index (χ2v) is 6.76. The highest BCUT2D eigenvalue weighted by atomic mass is 127. The molecule has 0 rings (SSSR count). The van der Waals surface area contributed by atoms with Crippen LogP contribution < -0.4 is 10.6 Å². The number of nitrogens with one attached hydrogen (secondary N) is 2. The standard InChI is InChI=1S/C18H39N3O3.HI/c1-7-19-18(20-10-9-17(15(5)6)24-8-2)21-11-16(22)13-23-12-14(3)4;/h14-17,22H,7-13H2,1-6H3,(H2,19,20,21);1H. The number of hydrogen-bond acceptors (Lipinski definition) is 4. The topological polar surface area (TPSA) is 75.1 Å². The highest BCUT2D eigenvalue weighted by Gasteiger charge is 2.13. The highest BCUT2D eigenvalue weighted by Crippen LogP contribution is 2.09. The second kappa shape index (κ2) is 17.3. The van der Waals surface area contributed by atoms with Gasteiger partial charge in [-0.3, -0.25) is 4.99 Å². The van der Waals surface area contributed by atoms with Crippen molar-refractivity contribution in [1.82, 2.24) is 10.6 Å². The number of aliphatic hydroxyl groups is 1. The average Bonchev–Trinajstić information content (AvgIpc) is 2.51. The van der Waals surface area contributed by atoms with E-state index in [4.69, 9.17) is 9.47 Å². The Labute approximate surface area is 171 Å². The highest BCUT2D eigenvalue weighted by molar-refractivity contribution is 14.0. The summed E-state index contributed by atoms with van der Waals surface area (Å²) >= 11 is 0. The molecule has 0 amide bonds. The van der Waals surface area contributed by atoms with Gasteiger partial charge in [0.25, 0.3) is 0 Å². The summed E-state index contributed by atoms with van der Waals surface area (Å²) in [6.07, 6.45) is 0.599. The molecule has 152 valence electrons. The Bertz CT molecular complexity index is 329. The molecule has 0 aliphatic rings. The van der Waals surface area contributed by atoms with Gasteiger partial charge in [0.1, 0.15) is 0 Å². The molecule has 2 atom stereocenters. The lowest BCUT2D eigenvalue weighted by atomic mass is 10.0. The van der Waals surface area contributed by atoms with Crippen LogP contribution in [0.25, 0.3) is 0 Å². The number of ether oxygens (including phenoxy) is 2. The van der Waals surface area contributed by atoms with Gasteiger partial charge >= 0.3 is 0 Å². The predicted molar refractivity (Wildman–Crippen MR) is 116 cm³/mol. The lowest BCUT2D eigenvalue weighted by Crippen LogP contribution is -2.40. The van der Waals surface area contributed by atoms with Crippen molar-refractivity contribution in [3.63, 3.8) is 0 Å². The molecule has 0 aliphatic heterocycles. The predicted octanol–water partition coefficient (Wildman–Crippen LogP) is 2.64. The van der Waals surface area contributed by atoms with E-state index in [0.717, 1.165) is 32.1 Å². The molecule has 2 unspecified atom stereocenters. The van der Waals surface area contributed by atoms with Crippen molar-refractivity contribution in [3.8, 4) is 0 Å². The Morgan fingerprint density at radius 2 is 1.76 bits per heavy atom. The molecule has 7 heteroatoms. The molecule has 25 heavy (non-hydrogen) atoms. The van der Waals surface area contributed by atoms with Gasteiger partial charge in [0.2, 0.25) is 0 Å². The zero-order valence-electron chi connectivity index (χ0n) is 16.9. The first-order valence-electron chi connectivity index (χ1n) is 9.30. The second-order valence-electron chi connectivity index (χ2n) is 6.76. The minimum Gasteiger partial charge on any atom is -0.389 e. The SMILES string of the molecule is CCNC(=NCC(O)COCC(C)C)NCCC(OCC)C(C)C.I. The smallest absolute Gasteiger partial charge is 0.191 e. The van der Waals surface area contributed by atoms with Gasteiger partial charge in [-0.05, 0) is 32.1 Å². The van der Waals surface area contributed by atoms with Gasteiger partial charge in [0, 0.05) is 26.3 Å². The number of aliphatic hydroxyl groups excluding tert-OH is 1. The van der Waals surface area contributed by atoms with Crippen molar-refractivity contribution in [2.75, 3.05) is 39.5 Å². The van der Waals surface area contributed by atoms with Gasteiger partial charge in [-0.2, -0.15) is 0 Å². The van der Waals surface area contributed by atoms with Crippen molar-refractivity contribution >= 4 is 29.9 Å². The Morgan fingerprint density at radius 1 is 1.08 bits per heavy atom. The summed E-state index contributed by atoms with van der Waals surface area (Å²) in [4.78, 5) is 4.42. The van der Waals surface area contributed by atoms with E-state index in [1.165, 1.54) is 0 Å². The molecule has 0 spiro atoms.